The van der Waals surface area contributed by atoms with Crippen LogP contribution in [0.15, 0.2) is 11.6 Å². The van der Waals surface area contributed by atoms with Crippen molar-refractivity contribution in [2.24, 2.45) is 5.92 Å². The first kappa shape index (κ1) is 9.74. The summed E-state index contributed by atoms with van der Waals surface area (Å²) in [6.07, 6.45) is 5.75. The average Bonchev–Trinajstić information content (AvgIpc) is 1.87. The Kier molecular flexibility index (Phi) is 5.38. The van der Waals surface area contributed by atoms with Crippen LogP contribution in [0, 0.1) is 12.8 Å². The normalized spacial score (nSPS) is 12.7. The summed E-state index contributed by atoms with van der Waals surface area (Å²) in [4.78, 5) is 0. The van der Waals surface area contributed by atoms with E-state index in [1.807, 2.05) is 0 Å². The molecule has 0 heteroatoms. The maximum absolute atomic E-state index is 5.60. The zero-order chi connectivity index (χ0) is 7.98. The third kappa shape index (κ3) is 5.87. The summed E-state index contributed by atoms with van der Waals surface area (Å²) < 4.78 is 0. The molecule has 0 heterocycles. The van der Waals surface area contributed by atoms with Crippen LogP contribution in [-0.4, -0.2) is 0 Å². The minimum atomic E-state index is 0.365. The van der Waals surface area contributed by atoms with Crippen molar-refractivity contribution in [2.45, 2.75) is 40.0 Å². The minimum Gasteiger partial charge on any atom is -0.0887 e. The summed E-state index contributed by atoms with van der Waals surface area (Å²) in [5, 5.41) is 0. The lowest BCUT2D eigenvalue weighted by Gasteiger charge is -2.03. The van der Waals surface area contributed by atoms with E-state index in [-0.39, 0.29) is 0 Å². The van der Waals surface area contributed by atoms with Crippen LogP contribution in [0.2, 0.25) is 0 Å². The van der Waals surface area contributed by atoms with E-state index in [4.69, 9.17) is 6.92 Å². The van der Waals surface area contributed by atoms with E-state index in [0.717, 1.165) is 6.42 Å². The van der Waals surface area contributed by atoms with Crippen molar-refractivity contribution in [3.8, 4) is 0 Å². The topological polar surface area (TPSA) is 0 Å². The van der Waals surface area contributed by atoms with Gasteiger partial charge in [0, 0.05) is 0 Å². The quantitative estimate of drug-likeness (QED) is 0.522. The highest BCUT2D eigenvalue weighted by Crippen LogP contribution is 2.10. The van der Waals surface area contributed by atoms with Gasteiger partial charge in [0.1, 0.15) is 0 Å². The van der Waals surface area contributed by atoms with Gasteiger partial charge in [0.05, 0.1) is 0 Å². The Hall–Kier alpha value is -0.260. The minimum absolute atomic E-state index is 0.365. The van der Waals surface area contributed by atoms with Gasteiger partial charge in [-0.2, -0.15) is 0 Å². The van der Waals surface area contributed by atoms with Crippen molar-refractivity contribution in [2.75, 3.05) is 0 Å². The van der Waals surface area contributed by atoms with Crippen LogP contribution in [0.25, 0.3) is 0 Å². The highest BCUT2D eigenvalue weighted by molar-refractivity contribution is 4.94. The summed E-state index contributed by atoms with van der Waals surface area (Å²) in [5.74, 6) is 0.365. The second-order valence-corrected chi connectivity index (χ2v) is 3.00. The Morgan fingerprint density at radius 2 is 2.20 bits per heavy atom. The van der Waals surface area contributed by atoms with Crippen LogP contribution >= 0.6 is 0 Å². The van der Waals surface area contributed by atoms with Gasteiger partial charge < -0.3 is 0 Å². The largest absolute Gasteiger partial charge is 0.0887 e. The molecule has 2 radical (unpaired) electrons. The van der Waals surface area contributed by atoms with E-state index in [2.05, 4.69) is 26.8 Å². The molecule has 0 fully saturated rings. The Labute approximate surface area is 65.3 Å². The van der Waals surface area contributed by atoms with E-state index < -0.39 is 0 Å². The molecule has 0 N–H and O–H groups in total. The molecule has 0 aliphatic carbocycles. The Bertz CT molecular complexity index is 98.6. The van der Waals surface area contributed by atoms with E-state index in [9.17, 15) is 0 Å². The summed E-state index contributed by atoms with van der Waals surface area (Å²) >= 11 is 0. The second-order valence-electron chi connectivity index (χ2n) is 3.00. The molecule has 0 amide bonds. The highest BCUT2D eigenvalue weighted by Gasteiger charge is 1.93. The van der Waals surface area contributed by atoms with Gasteiger partial charge >= 0.3 is 0 Å². The van der Waals surface area contributed by atoms with E-state index >= 15 is 0 Å². The van der Waals surface area contributed by atoms with Crippen molar-refractivity contribution >= 4 is 0 Å². The van der Waals surface area contributed by atoms with Gasteiger partial charge in [-0.3, -0.25) is 0 Å². The van der Waals surface area contributed by atoms with E-state index in [1.54, 1.807) is 0 Å². The Morgan fingerprint density at radius 1 is 1.60 bits per heavy atom. The van der Waals surface area contributed by atoms with Crippen molar-refractivity contribution in [1.29, 1.82) is 0 Å². The fraction of sp³-hybridized carbons (Fsp3) is 0.700. The summed E-state index contributed by atoms with van der Waals surface area (Å²) in [5.41, 5.74) is 1.47. The van der Waals surface area contributed by atoms with Gasteiger partial charge in [-0.05, 0) is 39.5 Å². The van der Waals surface area contributed by atoms with Crippen LogP contribution in [0.3, 0.4) is 0 Å². The van der Waals surface area contributed by atoms with Crippen LogP contribution in [0.4, 0.5) is 0 Å². The zero-order valence-corrected chi connectivity index (χ0v) is 7.35. The molecule has 0 aliphatic rings. The van der Waals surface area contributed by atoms with Gasteiger partial charge in [-0.25, -0.2) is 0 Å². The SMILES string of the molecule is [CH]C(C)CCC/C(C)=C/C. The van der Waals surface area contributed by atoms with Crippen molar-refractivity contribution in [3.05, 3.63) is 18.6 Å². The lowest BCUT2D eigenvalue weighted by molar-refractivity contribution is 0.601. The first-order chi connectivity index (χ1) is 4.66. The molecule has 0 nitrogen and oxygen atoms in total. The van der Waals surface area contributed by atoms with Gasteiger partial charge in [0.25, 0.3) is 0 Å². The first-order valence-electron chi connectivity index (χ1n) is 4.04. The highest BCUT2D eigenvalue weighted by atomic mass is 14.0. The number of allylic oxidation sites excluding steroid dienone is 2. The van der Waals surface area contributed by atoms with E-state index in [1.165, 1.54) is 18.4 Å². The third-order valence-corrected chi connectivity index (χ3v) is 1.72. The summed E-state index contributed by atoms with van der Waals surface area (Å²) in [7, 11) is 0. The van der Waals surface area contributed by atoms with Crippen LogP contribution in [-0.2, 0) is 0 Å². The van der Waals surface area contributed by atoms with Crippen LogP contribution in [0.5, 0.6) is 0 Å². The number of hydrogen-bond donors (Lipinski definition) is 0. The maximum Gasteiger partial charge on any atom is -0.0321 e. The fourth-order valence-electron chi connectivity index (χ4n) is 0.847. The molecule has 0 bridgehead atoms. The third-order valence-electron chi connectivity index (χ3n) is 1.72. The second kappa shape index (κ2) is 5.52. The molecule has 0 aromatic rings. The molecule has 0 spiro atoms. The maximum atomic E-state index is 5.60. The molecule has 0 rings (SSSR count). The van der Waals surface area contributed by atoms with E-state index in [0.29, 0.717) is 5.92 Å². The number of rotatable bonds is 4. The van der Waals surface area contributed by atoms with Crippen LogP contribution in [0.1, 0.15) is 40.0 Å². The summed E-state index contributed by atoms with van der Waals surface area (Å²) in [6, 6.07) is 0. The van der Waals surface area contributed by atoms with Gasteiger partial charge in [0.15, 0.2) is 0 Å². The van der Waals surface area contributed by atoms with Gasteiger partial charge in [-0.15, -0.1) is 0 Å². The molecule has 0 aliphatic heterocycles. The lowest BCUT2D eigenvalue weighted by Crippen LogP contribution is -1.87. The number of hydrogen-bond acceptors (Lipinski definition) is 0. The molecular weight excluding hydrogens is 120 g/mol. The molecule has 10 heavy (non-hydrogen) atoms. The van der Waals surface area contributed by atoms with Crippen LogP contribution < -0.4 is 0 Å². The lowest BCUT2D eigenvalue weighted by atomic mass is 10.0. The fourth-order valence-corrected chi connectivity index (χ4v) is 0.847. The predicted molar refractivity (Wildman–Crippen MR) is 46.7 cm³/mol. The standard InChI is InChI=1S/C10H18/c1-5-10(4)8-6-7-9(2)3/h2,5,9H,6-8H2,1,3-4H3/b10-5+. The molecule has 0 saturated heterocycles. The van der Waals surface area contributed by atoms with Crippen molar-refractivity contribution in [3.63, 3.8) is 0 Å². The van der Waals surface area contributed by atoms with Crippen molar-refractivity contribution in [1.82, 2.24) is 0 Å². The average molecular weight is 138 g/mol. The smallest absolute Gasteiger partial charge is 0.0321 e. The van der Waals surface area contributed by atoms with Gasteiger partial charge in [-0.1, -0.05) is 25.0 Å². The molecule has 1 atom stereocenters. The monoisotopic (exact) mass is 138 g/mol. The zero-order valence-electron chi connectivity index (χ0n) is 7.35. The molecule has 0 saturated carbocycles. The molecule has 0 aromatic carbocycles. The Morgan fingerprint density at radius 3 is 2.60 bits per heavy atom. The predicted octanol–water partition coefficient (Wildman–Crippen LogP) is 3.47. The van der Waals surface area contributed by atoms with Gasteiger partial charge in [0.2, 0.25) is 0 Å². The molecule has 58 valence electrons. The summed E-state index contributed by atoms with van der Waals surface area (Å²) in [6.45, 7) is 11.9. The Balaban J connectivity index is 3.20. The van der Waals surface area contributed by atoms with Crippen molar-refractivity contribution < 1.29 is 0 Å². The first-order valence-corrected chi connectivity index (χ1v) is 4.04. The molecule has 1 unspecified atom stereocenters. The molecule has 0 aromatic heterocycles. The molecular formula is C10H18.